The number of carbonyl (C=O) groups is 3. The van der Waals surface area contributed by atoms with Crippen molar-refractivity contribution < 1.29 is 23.9 Å². The monoisotopic (exact) mass is 427 g/mol. The summed E-state index contributed by atoms with van der Waals surface area (Å²) in [4.78, 5) is 42.1. The van der Waals surface area contributed by atoms with Crippen LogP contribution in [0.5, 0.6) is 11.5 Å². The number of imide groups is 1. The van der Waals surface area contributed by atoms with E-state index in [1.165, 1.54) is 0 Å². The molecule has 10 heteroatoms. The van der Waals surface area contributed by atoms with E-state index in [2.05, 4.69) is 20.9 Å². The predicted octanol–water partition coefficient (Wildman–Crippen LogP) is 1.77. The number of amides is 4. The van der Waals surface area contributed by atoms with Crippen molar-refractivity contribution in [3.63, 3.8) is 0 Å². The molecule has 1 aliphatic rings. The first kappa shape index (κ1) is 22.0. The molecule has 10 nitrogen and oxygen atoms in total. The third-order valence-corrected chi connectivity index (χ3v) is 4.34. The molecule has 0 radical (unpaired) electrons. The van der Waals surface area contributed by atoms with Crippen LogP contribution >= 0.6 is 0 Å². The predicted molar refractivity (Wildman–Crippen MR) is 114 cm³/mol. The van der Waals surface area contributed by atoms with Crippen LogP contribution in [0.1, 0.15) is 12.1 Å². The largest absolute Gasteiger partial charge is 0.486 e. The Balaban J connectivity index is 1.38. The van der Waals surface area contributed by atoms with Gasteiger partial charge in [-0.3, -0.25) is 19.8 Å². The van der Waals surface area contributed by atoms with Gasteiger partial charge in [0.2, 0.25) is 11.8 Å². The number of hydrogen-bond acceptors (Lipinski definition) is 7. The molecule has 0 atom stereocenters. The number of hydrogen-bond donors (Lipinski definition) is 3. The van der Waals surface area contributed by atoms with Crippen molar-refractivity contribution in [2.24, 2.45) is 0 Å². The molecular formula is C21H25N5O5. The third kappa shape index (κ3) is 6.96. The van der Waals surface area contributed by atoms with Crippen LogP contribution in [0.3, 0.4) is 0 Å². The Morgan fingerprint density at radius 3 is 2.58 bits per heavy atom. The summed E-state index contributed by atoms with van der Waals surface area (Å²) in [5.74, 6) is 0.932. The Hall–Kier alpha value is -3.66. The first-order chi connectivity index (χ1) is 14.9. The van der Waals surface area contributed by atoms with E-state index in [4.69, 9.17) is 9.47 Å². The fourth-order valence-electron chi connectivity index (χ4n) is 2.88. The zero-order chi connectivity index (χ0) is 22.2. The van der Waals surface area contributed by atoms with Gasteiger partial charge in [-0.25, -0.2) is 9.78 Å². The van der Waals surface area contributed by atoms with Gasteiger partial charge in [0.15, 0.2) is 11.5 Å². The number of rotatable bonds is 7. The molecule has 164 valence electrons. The van der Waals surface area contributed by atoms with E-state index in [1.807, 2.05) is 19.1 Å². The quantitative estimate of drug-likeness (QED) is 0.616. The molecule has 1 aromatic carbocycles. The van der Waals surface area contributed by atoms with Gasteiger partial charge in [-0.05, 0) is 38.2 Å². The van der Waals surface area contributed by atoms with E-state index in [0.29, 0.717) is 42.8 Å². The van der Waals surface area contributed by atoms with E-state index in [-0.39, 0.29) is 18.9 Å². The van der Waals surface area contributed by atoms with Gasteiger partial charge in [0.25, 0.3) is 0 Å². The first-order valence-corrected chi connectivity index (χ1v) is 9.81. The summed E-state index contributed by atoms with van der Waals surface area (Å²) in [7, 11) is 1.71. The normalized spacial score (nSPS) is 12.2. The Kier molecular flexibility index (Phi) is 7.39. The molecule has 1 aliphatic heterocycles. The number of fused-ring (bicyclic) bond motifs is 1. The number of aryl methyl sites for hydroxylation is 1. The Morgan fingerprint density at radius 1 is 1.03 bits per heavy atom. The summed E-state index contributed by atoms with van der Waals surface area (Å²) in [5.41, 5.74) is 1.28. The zero-order valence-electron chi connectivity index (χ0n) is 17.4. The molecule has 0 saturated heterocycles. The molecule has 0 bridgehead atoms. The van der Waals surface area contributed by atoms with Crippen LogP contribution in [0.15, 0.2) is 36.4 Å². The van der Waals surface area contributed by atoms with E-state index in [0.717, 1.165) is 5.69 Å². The lowest BCUT2D eigenvalue weighted by molar-refractivity contribution is -0.121. The molecule has 2 aromatic rings. The van der Waals surface area contributed by atoms with Crippen LogP contribution in [0.2, 0.25) is 0 Å². The summed E-state index contributed by atoms with van der Waals surface area (Å²) in [5, 5.41) is 7.56. The first-order valence-electron chi connectivity index (χ1n) is 9.81. The number of anilines is 2. The van der Waals surface area contributed by atoms with Crippen LogP contribution in [0.25, 0.3) is 0 Å². The molecule has 3 N–H and O–H groups in total. The van der Waals surface area contributed by atoms with E-state index in [9.17, 15) is 14.4 Å². The zero-order valence-corrected chi connectivity index (χ0v) is 17.4. The number of benzene rings is 1. The highest BCUT2D eigenvalue weighted by Gasteiger charge is 2.15. The molecule has 1 aromatic heterocycles. The standard InChI is InChI=1S/C21H25N5O5/c1-14-4-3-5-18(22-14)24-20(28)13-26(2)9-8-19(27)25-21(29)23-15-6-7-16-17(12-15)31-11-10-30-16/h3-7,12H,8-11,13H2,1-2H3,(H,22,24,28)(H2,23,25,27,29). The van der Waals surface area contributed by atoms with Crippen molar-refractivity contribution in [2.75, 3.05) is 44.0 Å². The van der Waals surface area contributed by atoms with Crippen LogP contribution < -0.4 is 25.4 Å². The number of ether oxygens (including phenoxy) is 2. The van der Waals surface area contributed by atoms with Crippen molar-refractivity contribution in [2.45, 2.75) is 13.3 Å². The van der Waals surface area contributed by atoms with E-state index in [1.54, 1.807) is 36.2 Å². The lowest BCUT2D eigenvalue weighted by atomic mass is 10.2. The van der Waals surface area contributed by atoms with Crippen molar-refractivity contribution in [1.29, 1.82) is 0 Å². The maximum absolute atomic E-state index is 12.1. The maximum atomic E-state index is 12.1. The van der Waals surface area contributed by atoms with Gasteiger partial charge in [0.1, 0.15) is 19.0 Å². The molecule has 0 fully saturated rings. The highest BCUT2D eigenvalue weighted by molar-refractivity contribution is 6.01. The Bertz CT molecular complexity index is 965. The fraction of sp³-hybridized carbons (Fsp3) is 0.333. The Labute approximate surface area is 179 Å². The van der Waals surface area contributed by atoms with Gasteiger partial charge in [-0.2, -0.15) is 0 Å². The number of nitrogens with one attached hydrogen (secondary N) is 3. The molecule has 3 rings (SSSR count). The molecule has 31 heavy (non-hydrogen) atoms. The lowest BCUT2D eigenvalue weighted by Crippen LogP contribution is -2.37. The van der Waals surface area contributed by atoms with Crippen molar-refractivity contribution in [3.05, 3.63) is 42.1 Å². The van der Waals surface area contributed by atoms with Gasteiger partial charge in [0, 0.05) is 30.4 Å². The van der Waals surface area contributed by atoms with Gasteiger partial charge >= 0.3 is 6.03 Å². The van der Waals surface area contributed by atoms with Crippen LogP contribution in [-0.2, 0) is 9.59 Å². The molecule has 0 spiro atoms. The van der Waals surface area contributed by atoms with E-state index < -0.39 is 11.9 Å². The molecular weight excluding hydrogens is 402 g/mol. The number of likely N-dealkylation sites (N-methyl/N-ethyl adjacent to an activating group) is 1. The number of urea groups is 1. The lowest BCUT2D eigenvalue weighted by Gasteiger charge is -2.19. The minimum Gasteiger partial charge on any atom is -0.486 e. The highest BCUT2D eigenvalue weighted by Crippen LogP contribution is 2.32. The minimum atomic E-state index is -0.646. The summed E-state index contributed by atoms with van der Waals surface area (Å²) >= 11 is 0. The number of carbonyl (C=O) groups excluding carboxylic acids is 3. The summed E-state index contributed by atoms with van der Waals surface area (Å²) in [6, 6.07) is 9.69. The minimum absolute atomic E-state index is 0.0566. The second kappa shape index (κ2) is 10.4. The van der Waals surface area contributed by atoms with Crippen molar-refractivity contribution in [1.82, 2.24) is 15.2 Å². The Morgan fingerprint density at radius 2 is 1.81 bits per heavy atom. The van der Waals surface area contributed by atoms with E-state index >= 15 is 0 Å². The average molecular weight is 427 g/mol. The molecule has 4 amide bonds. The maximum Gasteiger partial charge on any atom is 0.325 e. The number of pyridine rings is 1. The molecule has 0 saturated carbocycles. The second-order valence-electron chi connectivity index (χ2n) is 7.06. The average Bonchev–Trinajstić information content (AvgIpc) is 2.72. The summed E-state index contributed by atoms with van der Waals surface area (Å²) in [6.07, 6.45) is 0.0566. The van der Waals surface area contributed by atoms with Crippen LogP contribution in [-0.4, -0.2) is 61.1 Å². The van der Waals surface area contributed by atoms with Gasteiger partial charge in [-0.15, -0.1) is 0 Å². The van der Waals surface area contributed by atoms with Crippen LogP contribution in [0, 0.1) is 6.92 Å². The fourth-order valence-corrected chi connectivity index (χ4v) is 2.88. The third-order valence-electron chi connectivity index (χ3n) is 4.34. The molecule has 2 heterocycles. The van der Waals surface area contributed by atoms with Gasteiger partial charge in [0.05, 0.1) is 6.54 Å². The van der Waals surface area contributed by atoms with Crippen LogP contribution in [0.4, 0.5) is 16.3 Å². The molecule has 0 unspecified atom stereocenters. The van der Waals surface area contributed by atoms with Crippen molar-refractivity contribution in [3.8, 4) is 11.5 Å². The summed E-state index contributed by atoms with van der Waals surface area (Å²) in [6.45, 7) is 3.15. The van der Waals surface area contributed by atoms with Gasteiger partial charge < -0.3 is 20.1 Å². The van der Waals surface area contributed by atoms with Gasteiger partial charge in [-0.1, -0.05) is 6.07 Å². The highest BCUT2D eigenvalue weighted by atomic mass is 16.6. The van der Waals surface area contributed by atoms with Crippen molar-refractivity contribution >= 4 is 29.4 Å². The topological polar surface area (TPSA) is 122 Å². The second-order valence-corrected chi connectivity index (χ2v) is 7.06. The smallest absolute Gasteiger partial charge is 0.325 e. The SMILES string of the molecule is Cc1cccc(NC(=O)CN(C)CCC(=O)NC(=O)Nc2ccc3c(c2)OCCO3)n1. The number of aromatic nitrogens is 1. The molecule has 0 aliphatic carbocycles. The number of nitrogens with zero attached hydrogens (tertiary/aromatic N) is 2. The summed E-state index contributed by atoms with van der Waals surface area (Å²) < 4.78 is 10.9.